The van der Waals surface area contributed by atoms with Crippen molar-refractivity contribution in [3.8, 4) is 23.0 Å². The minimum Gasteiger partial charge on any atom is -0.507 e. The standard InChI is InChI=1S/C24H28N2O6/c1-30-17-3-6-21(31-2)16(13-17)14-22-23(29)18-4-5-20(28)19(24(18)32-22)15-26-9-7-25(8-10-26)11-12-27/h3-6,13-14,27-28H,7-12,15H2,1-2H3/b22-14+. The van der Waals surface area contributed by atoms with E-state index in [4.69, 9.17) is 19.3 Å². The molecule has 170 valence electrons. The number of hydrogen-bond acceptors (Lipinski definition) is 8. The van der Waals surface area contributed by atoms with Crippen LogP contribution in [0.15, 0.2) is 36.1 Å². The van der Waals surface area contributed by atoms with Crippen molar-refractivity contribution in [1.82, 2.24) is 9.80 Å². The predicted octanol–water partition coefficient (Wildman–Crippen LogP) is 2.14. The van der Waals surface area contributed by atoms with Crippen molar-refractivity contribution >= 4 is 11.9 Å². The summed E-state index contributed by atoms with van der Waals surface area (Å²) >= 11 is 0. The summed E-state index contributed by atoms with van der Waals surface area (Å²) in [5, 5.41) is 19.7. The van der Waals surface area contributed by atoms with Gasteiger partial charge in [0.15, 0.2) is 5.76 Å². The molecule has 0 amide bonds. The molecule has 4 rings (SSSR count). The Balaban J connectivity index is 1.59. The zero-order valence-corrected chi connectivity index (χ0v) is 18.3. The first-order valence-electron chi connectivity index (χ1n) is 10.6. The largest absolute Gasteiger partial charge is 0.507 e. The second-order valence-corrected chi connectivity index (χ2v) is 7.83. The minimum atomic E-state index is -0.237. The van der Waals surface area contributed by atoms with Crippen LogP contribution in [-0.2, 0) is 6.54 Å². The van der Waals surface area contributed by atoms with Crippen LogP contribution >= 0.6 is 0 Å². The zero-order chi connectivity index (χ0) is 22.7. The topological polar surface area (TPSA) is 91.7 Å². The number of ketones is 1. The average molecular weight is 440 g/mol. The molecule has 2 heterocycles. The fraction of sp³-hybridized carbons (Fsp3) is 0.375. The van der Waals surface area contributed by atoms with Gasteiger partial charge >= 0.3 is 0 Å². The van der Waals surface area contributed by atoms with Crippen LogP contribution in [0.1, 0.15) is 21.5 Å². The maximum atomic E-state index is 13.0. The van der Waals surface area contributed by atoms with E-state index in [0.29, 0.717) is 47.0 Å². The number of carbonyl (C=O) groups is 1. The maximum absolute atomic E-state index is 13.0. The van der Waals surface area contributed by atoms with Gasteiger partial charge < -0.3 is 24.4 Å². The van der Waals surface area contributed by atoms with Crippen LogP contribution in [0, 0.1) is 0 Å². The average Bonchev–Trinajstić information content (AvgIpc) is 3.12. The Labute approximate surface area is 187 Å². The van der Waals surface area contributed by atoms with E-state index >= 15 is 0 Å². The lowest BCUT2D eigenvalue weighted by Gasteiger charge is -2.34. The number of phenols is 1. The summed E-state index contributed by atoms with van der Waals surface area (Å²) in [5.41, 5.74) is 1.70. The van der Waals surface area contributed by atoms with Crippen molar-refractivity contribution in [1.29, 1.82) is 0 Å². The van der Waals surface area contributed by atoms with Crippen LogP contribution in [0.2, 0.25) is 0 Å². The van der Waals surface area contributed by atoms with Gasteiger partial charge in [0.25, 0.3) is 0 Å². The summed E-state index contributed by atoms with van der Waals surface area (Å²) < 4.78 is 16.7. The molecule has 0 saturated carbocycles. The quantitative estimate of drug-likeness (QED) is 0.633. The third-order valence-electron chi connectivity index (χ3n) is 5.90. The molecule has 2 aliphatic heterocycles. The molecule has 0 aromatic heterocycles. The maximum Gasteiger partial charge on any atom is 0.231 e. The second kappa shape index (κ2) is 9.60. The van der Waals surface area contributed by atoms with Crippen molar-refractivity contribution in [2.75, 3.05) is 53.6 Å². The van der Waals surface area contributed by atoms with Gasteiger partial charge in [0.2, 0.25) is 5.78 Å². The fourth-order valence-electron chi connectivity index (χ4n) is 4.08. The van der Waals surface area contributed by atoms with Gasteiger partial charge in [-0.1, -0.05) is 0 Å². The monoisotopic (exact) mass is 440 g/mol. The van der Waals surface area contributed by atoms with Crippen LogP contribution in [0.25, 0.3) is 6.08 Å². The van der Waals surface area contributed by atoms with Gasteiger partial charge in [-0.15, -0.1) is 0 Å². The Morgan fingerprint density at radius 1 is 1.06 bits per heavy atom. The molecule has 2 aliphatic rings. The van der Waals surface area contributed by atoms with E-state index < -0.39 is 0 Å². The first-order valence-corrected chi connectivity index (χ1v) is 10.6. The van der Waals surface area contributed by atoms with E-state index in [9.17, 15) is 9.90 Å². The summed E-state index contributed by atoms with van der Waals surface area (Å²) in [6, 6.07) is 8.47. The molecule has 8 heteroatoms. The Kier molecular flexibility index (Phi) is 6.64. The summed E-state index contributed by atoms with van der Waals surface area (Å²) in [4.78, 5) is 17.4. The van der Waals surface area contributed by atoms with Crippen molar-refractivity contribution in [3.63, 3.8) is 0 Å². The lowest BCUT2D eigenvalue weighted by molar-refractivity contribution is 0.101. The molecular formula is C24H28N2O6. The number of aliphatic hydroxyl groups excluding tert-OH is 1. The highest BCUT2D eigenvalue weighted by molar-refractivity contribution is 6.15. The van der Waals surface area contributed by atoms with Crippen LogP contribution in [0.5, 0.6) is 23.0 Å². The number of Topliss-reactive ketones (excluding diaryl/α,β-unsaturated/α-hetero) is 1. The predicted molar refractivity (Wildman–Crippen MR) is 119 cm³/mol. The van der Waals surface area contributed by atoms with Crippen LogP contribution in [-0.4, -0.2) is 79.3 Å². The summed E-state index contributed by atoms with van der Waals surface area (Å²) in [6.07, 6.45) is 1.64. The molecule has 2 aromatic carbocycles. The van der Waals surface area contributed by atoms with Crippen LogP contribution in [0.3, 0.4) is 0 Å². The number of phenolic OH excluding ortho intramolecular Hbond substituents is 1. The van der Waals surface area contributed by atoms with E-state index in [1.54, 1.807) is 50.6 Å². The van der Waals surface area contributed by atoms with E-state index in [0.717, 1.165) is 26.2 Å². The van der Waals surface area contributed by atoms with Crippen LogP contribution in [0.4, 0.5) is 0 Å². The van der Waals surface area contributed by atoms with Gasteiger partial charge in [0.1, 0.15) is 23.0 Å². The van der Waals surface area contributed by atoms with Crippen molar-refractivity contribution in [2.24, 2.45) is 0 Å². The molecule has 0 aliphatic carbocycles. The highest BCUT2D eigenvalue weighted by Crippen LogP contribution is 2.41. The number of carbonyl (C=O) groups excluding carboxylic acids is 1. The first kappa shape index (κ1) is 22.1. The lowest BCUT2D eigenvalue weighted by Crippen LogP contribution is -2.46. The molecule has 32 heavy (non-hydrogen) atoms. The van der Waals surface area contributed by atoms with Crippen molar-refractivity contribution in [3.05, 3.63) is 52.8 Å². The summed E-state index contributed by atoms with van der Waals surface area (Å²) in [6.45, 7) is 4.59. The van der Waals surface area contributed by atoms with Gasteiger partial charge in [0.05, 0.1) is 32.0 Å². The molecule has 0 atom stereocenters. The number of allylic oxidation sites excluding steroid dienone is 1. The SMILES string of the molecule is COc1ccc(OC)c(/C=C2/Oc3c(ccc(O)c3CN3CCN(CCO)CC3)C2=O)c1. The molecule has 0 spiro atoms. The Hall–Kier alpha value is -3.07. The van der Waals surface area contributed by atoms with Gasteiger partial charge in [-0.05, 0) is 36.4 Å². The zero-order valence-electron chi connectivity index (χ0n) is 18.3. The lowest BCUT2D eigenvalue weighted by atomic mass is 10.0. The third-order valence-corrected chi connectivity index (χ3v) is 5.90. The molecule has 0 radical (unpaired) electrons. The molecular weight excluding hydrogens is 412 g/mol. The number of aromatic hydroxyl groups is 1. The molecule has 2 N–H and O–H groups in total. The number of methoxy groups -OCH3 is 2. The van der Waals surface area contributed by atoms with Gasteiger partial charge in [-0.2, -0.15) is 0 Å². The highest BCUT2D eigenvalue weighted by atomic mass is 16.5. The number of aliphatic hydroxyl groups is 1. The third kappa shape index (κ3) is 4.43. The van der Waals surface area contributed by atoms with E-state index in [1.807, 2.05) is 0 Å². The normalized spacial score (nSPS) is 18.0. The molecule has 1 saturated heterocycles. The van der Waals surface area contributed by atoms with Gasteiger partial charge in [-0.25, -0.2) is 0 Å². The first-order chi connectivity index (χ1) is 15.5. The molecule has 1 fully saturated rings. The number of β-amino-alcohol motifs (C(OH)–C–C–N with tert-alkyl or cyclic N) is 1. The number of rotatable bonds is 7. The highest BCUT2D eigenvalue weighted by Gasteiger charge is 2.32. The smallest absolute Gasteiger partial charge is 0.231 e. The Morgan fingerprint density at radius 2 is 1.81 bits per heavy atom. The van der Waals surface area contributed by atoms with Crippen molar-refractivity contribution < 1.29 is 29.2 Å². The number of benzene rings is 2. The molecule has 8 nitrogen and oxygen atoms in total. The number of fused-ring (bicyclic) bond motifs is 1. The summed E-state index contributed by atoms with van der Waals surface area (Å²) in [7, 11) is 3.14. The molecule has 0 bridgehead atoms. The van der Waals surface area contributed by atoms with E-state index in [-0.39, 0.29) is 23.9 Å². The Bertz CT molecular complexity index is 1030. The van der Waals surface area contributed by atoms with Gasteiger partial charge in [-0.3, -0.25) is 14.6 Å². The fourth-order valence-corrected chi connectivity index (χ4v) is 4.08. The number of piperazine rings is 1. The molecule has 2 aromatic rings. The second-order valence-electron chi connectivity index (χ2n) is 7.83. The van der Waals surface area contributed by atoms with E-state index in [1.165, 1.54) is 0 Å². The minimum absolute atomic E-state index is 0.106. The Morgan fingerprint density at radius 3 is 2.50 bits per heavy atom. The van der Waals surface area contributed by atoms with Crippen molar-refractivity contribution in [2.45, 2.75) is 6.54 Å². The summed E-state index contributed by atoms with van der Waals surface area (Å²) in [5.74, 6) is 1.68. The number of ether oxygens (including phenoxy) is 3. The van der Waals surface area contributed by atoms with E-state index in [2.05, 4.69) is 9.80 Å². The molecule has 0 unspecified atom stereocenters. The number of hydrogen-bond donors (Lipinski definition) is 2. The van der Waals surface area contributed by atoms with Gasteiger partial charge in [0, 0.05) is 44.8 Å². The number of nitrogens with zero attached hydrogens (tertiary/aromatic N) is 2. The van der Waals surface area contributed by atoms with Crippen LogP contribution < -0.4 is 14.2 Å².